The SMILES string of the molecule is C=C(/C=C\N=C(C)CCC)C(F)(F)F.CCCCc1c(C(C)c2ccc(CCC)cc2)[nH]c2ccc(Cl)cc12. The summed E-state index contributed by atoms with van der Waals surface area (Å²) in [7, 11) is 0. The molecule has 212 valence electrons. The zero-order valence-corrected chi connectivity index (χ0v) is 24.6. The van der Waals surface area contributed by atoms with Crippen molar-refractivity contribution in [3.8, 4) is 0 Å². The molecule has 0 aliphatic heterocycles. The van der Waals surface area contributed by atoms with Crippen LogP contribution in [0.1, 0.15) is 95.0 Å². The summed E-state index contributed by atoms with van der Waals surface area (Å²) in [5.41, 5.74) is 6.70. The Labute approximate surface area is 237 Å². The Morgan fingerprint density at radius 3 is 2.31 bits per heavy atom. The number of rotatable bonds is 11. The van der Waals surface area contributed by atoms with Crippen molar-refractivity contribution in [2.24, 2.45) is 4.99 Å². The van der Waals surface area contributed by atoms with Crippen LogP contribution in [0.15, 0.2) is 71.9 Å². The van der Waals surface area contributed by atoms with Crippen LogP contribution in [0.2, 0.25) is 5.02 Å². The fraction of sp³-hybridized carbons (Fsp3) is 0.424. The highest BCUT2D eigenvalue weighted by molar-refractivity contribution is 6.31. The van der Waals surface area contributed by atoms with Crippen LogP contribution in [0.25, 0.3) is 10.9 Å². The molecule has 3 rings (SSSR count). The molecule has 0 bridgehead atoms. The third-order valence-corrected chi connectivity index (χ3v) is 6.91. The Morgan fingerprint density at radius 1 is 1.03 bits per heavy atom. The maximum absolute atomic E-state index is 11.9. The zero-order valence-electron chi connectivity index (χ0n) is 23.9. The molecule has 0 saturated heterocycles. The number of aryl methyl sites for hydroxylation is 2. The van der Waals surface area contributed by atoms with E-state index in [1.165, 1.54) is 52.5 Å². The van der Waals surface area contributed by atoms with Crippen LogP contribution < -0.4 is 0 Å². The van der Waals surface area contributed by atoms with Crippen molar-refractivity contribution < 1.29 is 13.2 Å². The lowest BCUT2D eigenvalue weighted by Crippen LogP contribution is -2.08. The number of unbranched alkanes of at least 4 members (excludes halogenated alkanes) is 1. The third-order valence-electron chi connectivity index (χ3n) is 6.68. The second-order valence-corrected chi connectivity index (χ2v) is 10.4. The van der Waals surface area contributed by atoms with Gasteiger partial charge < -0.3 is 4.98 Å². The summed E-state index contributed by atoms with van der Waals surface area (Å²) in [5.74, 6) is 0.355. The van der Waals surface area contributed by atoms with E-state index in [0.29, 0.717) is 5.92 Å². The van der Waals surface area contributed by atoms with Gasteiger partial charge in [0.1, 0.15) is 0 Å². The van der Waals surface area contributed by atoms with E-state index in [1.54, 1.807) is 6.92 Å². The van der Waals surface area contributed by atoms with Crippen LogP contribution in [0.5, 0.6) is 0 Å². The van der Waals surface area contributed by atoms with E-state index < -0.39 is 11.7 Å². The molecule has 1 heterocycles. The average Bonchev–Trinajstić information content (AvgIpc) is 3.25. The van der Waals surface area contributed by atoms with Gasteiger partial charge in [-0.1, -0.05) is 89.4 Å². The predicted molar refractivity (Wildman–Crippen MR) is 162 cm³/mol. The van der Waals surface area contributed by atoms with Gasteiger partial charge in [0.05, 0.1) is 0 Å². The van der Waals surface area contributed by atoms with Crippen molar-refractivity contribution in [1.29, 1.82) is 0 Å². The topological polar surface area (TPSA) is 28.1 Å². The molecule has 1 aromatic heterocycles. The third kappa shape index (κ3) is 10.0. The van der Waals surface area contributed by atoms with E-state index >= 15 is 0 Å². The number of benzene rings is 2. The first-order chi connectivity index (χ1) is 18.5. The molecule has 39 heavy (non-hydrogen) atoms. The largest absolute Gasteiger partial charge is 0.415 e. The first-order valence-electron chi connectivity index (χ1n) is 13.9. The van der Waals surface area contributed by atoms with Crippen LogP contribution in [0.4, 0.5) is 13.2 Å². The van der Waals surface area contributed by atoms with Gasteiger partial charge >= 0.3 is 6.18 Å². The lowest BCUT2D eigenvalue weighted by molar-refractivity contribution is -0.0878. The van der Waals surface area contributed by atoms with Crippen molar-refractivity contribution in [2.75, 3.05) is 0 Å². The van der Waals surface area contributed by atoms with Crippen LogP contribution in [0, 0.1) is 0 Å². The lowest BCUT2D eigenvalue weighted by atomic mass is 9.91. The highest BCUT2D eigenvalue weighted by atomic mass is 35.5. The van der Waals surface area contributed by atoms with Crippen LogP contribution in [-0.2, 0) is 12.8 Å². The molecule has 0 saturated carbocycles. The first-order valence-corrected chi connectivity index (χ1v) is 14.2. The minimum atomic E-state index is -4.36. The fourth-order valence-corrected chi connectivity index (χ4v) is 4.61. The quantitative estimate of drug-likeness (QED) is 0.179. The van der Waals surface area contributed by atoms with E-state index in [0.717, 1.165) is 48.7 Å². The first kappa shape index (κ1) is 32.4. The Bertz CT molecular complexity index is 1250. The highest BCUT2D eigenvalue weighted by Crippen LogP contribution is 2.34. The summed E-state index contributed by atoms with van der Waals surface area (Å²) in [6.07, 6.45) is 5.24. The second kappa shape index (κ2) is 15.7. The molecular weight excluding hydrogens is 517 g/mol. The van der Waals surface area contributed by atoms with E-state index in [1.807, 2.05) is 13.0 Å². The van der Waals surface area contributed by atoms with Gasteiger partial charge in [-0.3, -0.25) is 4.99 Å². The summed E-state index contributed by atoms with van der Waals surface area (Å²) in [4.78, 5) is 7.52. The number of alkyl halides is 3. The second-order valence-electron chi connectivity index (χ2n) is 9.98. The summed E-state index contributed by atoms with van der Waals surface area (Å²) in [5, 5.41) is 2.10. The molecule has 0 fully saturated rings. The van der Waals surface area contributed by atoms with Gasteiger partial charge in [0.25, 0.3) is 0 Å². The number of hydrogen-bond acceptors (Lipinski definition) is 1. The van der Waals surface area contributed by atoms with Gasteiger partial charge in [0.15, 0.2) is 0 Å². The molecule has 6 heteroatoms. The number of hydrogen-bond donors (Lipinski definition) is 1. The van der Waals surface area contributed by atoms with Crippen molar-refractivity contribution in [1.82, 2.24) is 4.98 Å². The van der Waals surface area contributed by atoms with E-state index in [9.17, 15) is 13.2 Å². The summed E-state index contributed by atoms with van der Waals surface area (Å²) in [6.45, 7) is 13.4. The number of halogens is 4. The normalized spacial score (nSPS) is 13.0. The molecule has 2 nitrogen and oxygen atoms in total. The maximum Gasteiger partial charge on any atom is 0.415 e. The number of nitrogens with one attached hydrogen (secondary N) is 1. The van der Waals surface area contributed by atoms with Crippen molar-refractivity contribution in [3.63, 3.8) is 0 Å². The molecule has 0 radical (unpaired) electrons. The molecular formula is C33H42ClF3N2. The maximum atomic E-state index is 11.9. The molecule has 0 spiro atoms. The number of aromatic nitrogens is 1. The van der Waals surface area contributed by atoms with Gasteiger partial charge in [-0.05, 0) is 73.6 Å². The monoisotopic (exact) mass is 558 g/mol. The molecule has 0 aliphatic rings. The van der Waals surface area contributed by atoms with Crippen molar-refractivity contribution >= 4 is 28.2 Å². The zero-order chi connectivity index (χ0) is 29.0. The summed E-state index contributed by atoms with van der Waals surface area (Å²) >= 11 is 6.26. The molecule has 0 aliphatic carbocycles. The van der Waals surface area contributed by atoms with Crippen LogP contribution in [-0.4, -0.2) is 16.9 Å². The predicted octanol–water partition coefficient (Wildman–Crippen LogP) is 11.1. The number of aromatic amines is 1. The van der Waals surface area contributed by atoms with Gasteiger partial charge in [-0.2, -0.15) is 13.2 Å². The highest BCUT2D eigenvalue weighted by Gasteiger charge is 2.29. The Kier molecular flexibility index (Phi) is 13.1. The minimum Gasteiger partial charge on any atom is -0.358 e. The number of fused-ring (bicyclic) bond motifs is 1. The fourth-order valence-electron chi connectivity index (χ4n) is 4.44. The Balaban J connectivity index is 0.000000326. The van der Waals surface area contributed by atoms with Gasteiger partial charge in [-0.15, -0.1) is 0 Å². The Morgan fingerprint density at radius 2 is 1.72 bits per heavy atom. The van der Waals surface area contributed by atoms with E-state index in [4.69, 9.17) is 11.6 Å². The van der Waals surface area contributed by atoms with E-state index in [2.05, 4.69) is 73.7 Å². The minimum absolute atomic E-state index is 0.355. The van der Waals surface area contributed by atoms with Gasteiger partial charge in [0.2, 0.25) is 0 Å². The standard InChI is InChI=1S/C23H28ClN.C10H14F3N/c1-4-6-8-20-21-15-19(24)13-14-22(21)25-23(20)16(3)18-11-9-17(7-5-2)10-12-18;1-4-5-9(3)14-7-6-8(2)10(11,12)13/h9-16,25H,4-8H2,1-3H3;6-7H,2,4-5H2,1,3H3/b;7-6-,14-9?. The van der Waals surface area contributed by atoms with Crippen LogP contribution in [0.3, 0.4) is 0 Å². The number of H-pyrrole nitrogens is 1. The average molecular weight is 559 g/mol. The van der Waals surface area contributed by atoms with Crippen molar-refractivity contribution in [3.05, 3.63) is 94.3 Å². The number of nitrogens with zero attached hydrogens (tertiary/aromatic N) is 1. The molecule has 1 atom stereocenters. The molecule has 1 unspecified atom stereocenters. The van der Waals surface area contributed by atoms with Gasteiger partial charge in [0, 0.05) is 45.0 Å². The summed E-state index contributed by atoms with van der Waals surface area (Å²) in [6, 6.07) is 15.3. The number of aliphatic imine (C=N–C) groups is 1. The summed E-state index contributed by atoms with van der Waals surface area (Å²) < 4.78 is 35.8. The van der Waals surface area contributed by atoms with Crippen LogP contribution >= 0.6 is 11.6 Å². The van der Waals surface area contributed by atoms with Gasteiger partial charge in [-0.25, -0.2) is 0 Å². The Hall–Kier alpha value is -2.79. The molecule has 2 aromatic carbocycles. The lowest BCUT2D eigenvalue weighted by Gasteiger charge is -2.14. The smallest absolute Gasteiger partial charge is 0.358 e. The van der Waals surface area contributed by atoms with E-state index in [-0.39, 0.29) is 0 Å². The molecule has 0 amide bonds. The number of allylic oxidation sites excluding steroid dienone is 2. The van der Waals surface area contributed by atoms with Crippen molar-refractivity contribution in [2.45, 2.75) is 91.7 Å². The molecule has 1 N–H and O–H groups in total. The molecule has 3 aromatic rings.